The monoisotopic (exact) mass is 357 g/mol. The number of ketones is 1. The molecule has 2 nitrogen and oxygen atoms in total. The van der Waals surface area contributed by atoms with Crippen LogP contribution in [0, 0.1) is 5.92 Å². The standard InChI is InChI=1S/C25H26O2/c1-16(2)21-14-19(10-12-23(21)26)25(18-8-6-5-7-9-18)20-11-13-24(27)22(15-20)17(3)4/h5-17,26H,1-4H3/p-1. The molecular weight excluding hydrogens is 332 g/mol. The Kier molecular flexibility index (Phi) is 5.46. The van der Waals surface area contributed by atoms with E-state index in [0.717, 1.165) is 33.4 Å². The molecule has 0 bridgehead atoms. The van der Waals surface area contributed by atoms with Crippen LogP contribution in [0.3, 0.4) is 0 Å². The first-order chi connectivity index (χ1) is 12.9. The Labute approximate surface area is 161 Å². The lowest BCUT2D eigenvalue weighted by Crippen LogP contribution is -2.10. The zero-order valence-electron chi connectivity index (χ0n) is 16.3. The van der Waals surface area contributed by atoms with E-state index in [2.05, 4.69) is 12.1 Å². The van der Waals surface area contributed by atoms with Crippen LogP contribution in [0.1, 0.15) is 50.3 Å². The van der Waals surface area contributed by atoms with E-state index in [0.29, 0.717) is 0 Å². The Morgan fingerprint density at radius 2 is 1.56 bits per heavy atom. The predicted molar refractivity (Wildman–Crippen MR) is 110 cm³/mol. The maximum Gasteiger partial charge on any atom is 0.182 e. The van der Waals surface area contributed by atoms with Gasteiger partial charge in [-0.25, -0.2) is 0 Å². The number of hydrogen-bond donors (Lipinski definition) is 0. The number of carbonyl (C=O) groups excluding carboxylic acids is 1. The highest BCUT2D eigenvalue weighted by molar-refractivity contribution is 6.07. The van der Waals surface area contributed by atoms with Crippen molar-refractivity contribution in [3.05, 3.63) is 94.6 Å². The first-order valence-electron chi connectivity index (χ1n) is 9.43. The van der Waals surface area contributed by atoms with Crippen molar-refractivity contribution >= 4 is 11.4 Å². The summed E-state index contributed by atoms with van der Waals surface area (Å²) in [7, 11) is 0. The van der Waals surface area contributed by atoms with Gasteiger partial charge in [-0.2, -0.15) is 0 Å². The molecule has 0 atom stereocenters. The maximum atomic E-state index is 12.2. The van der Waals surface area contributed by atoms with E-state index >= 15 is 0 Å². The minimum absolute atomic E-state index is 0.0685. The van der Waals surface area contributed by atoms with Crippen LogP contribution in [-0.2, 0) is 4.79 Å². The van der Waals surface area contributed by atoms with E-state index < -0.39 is 0 Å². The fraction of sp³-hybridized carbons (Fsp3) is 0.240. The summed E-state index contributed by atoms with van der Waals surface area (Å²) < 4.78 is 0. The molecule has 1 aliphatic rings. The van der Waals surface area contributed by atoms with Crippen LogP contribution >= 0.6 is 0 Å². The highest BCUT2D eigenvalue weighted by Gasteiger charge is 2.18. The second-order valence-electron chi connectivity index (χ2n) is 7.56. The van der Waals surface area contributed by atoms with Gasteiger partial charge in [0.15, 0.2) is 5.78 Å². The second kappa shape index (κ2) is 7.79. The van der Waals surface area contributed by atoms with Gasteiger partial charge >= 0.3 is 0 Å². The molecule has 0 N–H and O–H groups in total. The third kappa shape index (κ3) is 3.95. The molecule has 0 aliphatic heterocycles. The second-order valence-corrected chi connectivity index (χ2v) is 7.56. The molecule has 3 rings (SSSR count). The van der Waals surface area contributed by atoms with Gasteiger partial charge in [0, 0.05) is 5.57 Å². The molecule has 27 heavy (non-hydrogen) atoms. The fourth-order valence-electron chi connectivity index (χ4n) is 3.42. The third-order valence-corrected chi connectivity index (χ3v) is 4.90. The highest BCUT2D eigenvalue weighted by Crippen LogP contribution is 2.34. The lowest BCUT2D eigenvalue weighted by atomic mass is 9.85. The summed E-state index contributed by atoms with van der Waals surface area (Å²) in [6.07, 6.45) is 5.53. The summed E-state index contributed by atoms with van der Waals surface area (Å²) in [5.41, 5.74) is 5.73. The van der Waals surface area contributed by atoms with E-state index in [9.17, 15) is 9.90 Å². The van der Waals surface area contributed by atoms with Crippen LogP contribution in [0.25, 0.3) is 5.57 Å². The molecule has 0 aromatic heterocycles. The summed E-state index contributed by atoms with van der Waals surface area (Å²) in [5, 5.41) is 12.2. The van der Waals surface area contributed by atoms with E-state index in [1.165, 1.54) is 0 Å². The largest absolute Gasteiger partial charge is 0.872 e. The van der Waals surface area contributed by atoms with Crippen molar-refractivity contribution in [3.8, 4) is 5.75 Å². The van der Waals surface area contributed by atoms with Gasteiger partial charge in [0.05, 0.1) is 0 Å². The highest BCUT2D eigenvalue weighted by atomic mass is 16.3. The smallest absolute Gasteiger partial charge is 0.182 e. The molecule has 0 amide bonds. The average molecular weight is 357 g/mol. The number of hydrogen-bond acceptors (Lipinski definition) is 2. The fourth-order valence-corrected chi connectivity index (χ4v) is 3.42. The van der Waals surface area contributed by atoms with Gasteiger partial charge in [0.25, 0.3) is 0 Å². The Balaban J connectivity index is 2.27. The van der Waals surface area contributed by atoms with Gasteiger partial charge in [0.2, 0.25) is 0 Å². The number of carbonyl (C=O) groups is 1. The molecule has 1 aliphatic carbocycles. The topological polar surface area (TPSA) is 40.1 Å². The van der Waals surface area contributed by atoms with Crippen LogP contribution in [0.2, 0.25) is 0 Å². The Bertz CT molecular complexity index is 942. The Morgan fingerprint density at radius 1 is 0.852 bits per heavy atom. The zero-order chi connectivity index (χ0) is 19.6. The molecule has 0 fully saturated rings. The van der Waals surface area contributed by atoms with Crippen molar-refractivity contribution in [3.63, 3.8) is 0 Å². The normalized spacial score (nSPS) is 16.1. The third-order valence-electron chi connectivity index (χ3n) is 4.90. The SMILES string of the molecule is CC(C)C1=CC(=C(c2ccccc2)c2ccc([O-])c(C(C)C)c2)C=CC1=O. The van der Waals surface area contributed by atoms with Crippen LogP contribution in [-0.4, -0.2) is 5.78 Å². The van der Waals surface area contributed by atoms with Gasteiger partial charge in [-0.3, -0.25) is 4.79 Å². The zero-order valence-corrected chi connectivity index (χ0v) is 16.3. The maximum absolute atomic E-state index is 12.2. The lowest BCUT2D eigenvalue weighted by Gasteiger charge is -2.21. The van der Waals surface area contributed by atoms with Crippen molar-refractivity contribution in [2.45, 2.75) is 33.6 Å². The average Bonchev–Trinajstić information content (AvgIpc) is 2.65. The van der Waals surface area contributed by atoms with Crippen molar-refractivity contribution < 1.29 is 9.90 Å². The minimum Gasteiger partial charge on any atom is -0.872 e. The summed E-state index contributed by atoms with van der Waals surface area (Å²) in [6.45, 7) is 8.13. The van der Waals surface area contributed by atoms with Gasteiger partial charge in [-0.1, -0.05) is 87.9 Å². The van der Waals surface area contributed by atoms with Gasteiger partial charge in [-0.15, -0.1) is 5.75 Å². The van der Waals surface area contributed by atoms with Gasteiger partial charge in [-0.05, 0) is 46.3 Å². The quantitative estimate of drug-likeness (QED) is 0.734. The molecule has 2 aromatic carbocycles. The Morgan fingerprint density at radius 3 is 2.19 bits per heavy atom. The summed E-state index contributed by atoms with van der Waals surface area (Å²) >= 11 is 0. The molecule has 0 unspecified atom stereocenters. The molecule has 2 heteroatoms. The van der Waals surface area contributed by atoms with Crippen molar-refractivity contribution in [2.75, 3.05) is 0 Å². The molecular formula is C25H25O2-. The molecule has 0 saturated carbocycles. The van der Waals surface area contributed by atoms with Crippen LogP contribution in [0.5, 0.6) is 5.75 Å². The van der Waals surface area contributed by atoms with Crippen LogP contribution in [0.4, 0.5) is 0 Å². The predicted octanol–water partition coefficient (Wildman–Crippen LogP) is 5.41. The first-order valence-corrected chi connectivity index (χ1v) is 9.43. The van der Waals surface area contributed by atoms with E-state index in [1.54, 1.807) is 12.1 Å². The van der Waals surface area contributed by atoms with Crippen molar-refractivity contribution in [1.29, 1.82) is 0 Å². The van der Waals surface area contributed by atoms with Crippen molar-refractivity contribution in [1.82, 2.24) is 0 Å². The van der Waals surface area contributed by atoms with Crippen LogP contribution in [0.15, 0.2) is 77.9 Å². The van der Waals surface area contributed by atoms with E-state index in [1.807, 2.05) is 70.2 Å². The van der Waals surface area contributed by atoms with Crippen LogP contribution < -0.4 is 5.11 Å². The molecule has 0 heterocycles. The number of allylic oxidation sites excluding steroid dienone is 5. The first kappa shape index (κ1) is 18.9. The van der Waals surface area contributed by atoms with Gasteiger partial charge < -0.3 is 5.11 Å². The molecule has 0 saturated heterocycles. The molecule has 2 aromatic rings. The molecule has 0 spiro atoms. The summed E-state index contributed by atoms with van der Waals surface area (Å²) in [4.78, 5) is 12.2. The number of benzene rings is 2. The molecule has 138 valence electrons. The van der Waals surface area contributed by atoms with Gasteiger partial charge in [0.1, 0.15) is 0 Å². The van der Waals surface area contributed by atoms with E-state index in [-0.39, 0.29) is 23.4 Å². The summed E-state index contributed by atoms with van der Waals surface area (Å²) in [6, 6.07) is 15.7. The molecule has 0 radical (unpaired) electrons. The van der Waals surface area contributed by atoms with E-state index in [4.69, 9.17) is 0 Å². The Hall–Kier alpha value is -2.87. The number of rotatable bonds is 4. The lowest BCUT2D eigenvalue weighted by molar-refractivity contribution is -0.269. The minimum atomic E-state index is 0.0685. The summed E-state index contributed by atoms with van der Waals surface area (Å²) in [5.74, 6) is 0.451. The van der Waals surface area contributed by atoms with Crippen molar-refractivity contribution in [2.24, 2.45) is 5.92 Å².